The fourth-order valence-corrected chi connectivity index (χ4v) is 2.58. The van der Waals surface area contributed by atoms with E-state index in [-0.39, 0.29) is 25.5 Å². The average Bonchev–Trinajstić information content (AvgIpc) is 2.38. The van der Waals surface area contributed by atoms with Crippen LogP contribution in [0.1, 0.15) is 11.1 Å². The van der Waals surface area contributed by atoms with E-state index in [1.54, 1.807) is 24.3 Å². The van der Waals surface area contributed by atoms with Crippen LogP contribution in [0.25, 0.3) is 0 Å². The smallest absolute Gasteiger partial charge is 0.261 e. The first-order valence-corrected chi connectivity index (χ1v) is 7.60. The molecule has 0 saturated carbocycles. The molecular weight excluding hydrogens is 292 g/mol. The Kier molecular flexibility index (Phi) is 7.00. The lowest BCUT2D eigenvalue weighted by molar-refractivity contribution is 0.0199. The van der Waals surface area contributed by atoms with Gasteiger partial charge in [0.1, 0.15) is 6.61 Å². The van der Waals surface area contributed by atoms with E-state index in [1.165, 1.54) is 0 Å². The minimum Gasteiger partial charge on any atom is -0.392 e. The normalized spacial score (nSPS) is 12.0. The van der Waals surface area contributed by atoms with Crippen molar-refractivity contribution >= 4 is 10.0 Å². The molecule has 0 aliphatic heterocycles. The van der Waals surface area contributed by atoms with Crippen molar-refractivity contribution in [1.29, 1.82) is 0 Å². The lowest BCUT2D eigenvalue weighted by Crippen LogP contribution is -2.29. The van der Waals surface area contributed by atoms with Gasteiger partial charge in [-0.05, 0) is 11.1 Å². The Morgan fingerprint density at radius 3 is 2.35 bits per heavy atom. The van der Waals surface area contributed by atoms with E-state index in [9.17, 15) is 17.2 Å². The predicted octanol–water partition coefficient (Wildman–Crippen LogP) is 0.880. The summed E-state index contributed by atoms with van der Waals surface area (Å²) in [6, 6.07) is 6.49. The van der Waals surface area contributed by atoms with Gasteiger partial charge in [-0.1, -0.05) is 24.3 Å². The van der Waals surface area contributed by atoms with Crippen LogP contribution in [0.2, 0.25) is 0 Å². The molecule has 20 heavy (non-hydrogen) atoms. The predicted molar refractivity (Wildman–Crippen MR) is 69.8 cm³/mol. The van der Waals surface area contributed by atoms with Crippen LogP contribution in [0.5, 0.6) is 0 Å². The molecule has 0 radical (unpaired) electrons. The van der Waals surface area contributed by atoms with E-state index in [2.05, 4.69) is 9.46 Å². The Morgan fingerprint density at radius 1 is 1.20 bits per heavy atom. The van der Waals surface area contributed by atoms with Crippen LogP contribution in [-0.2, 0) is 27.1 Å². The summed E-state index contributed by atoms with van der Waals surface area (Å²) >= 11 is 0. The molecule has 0 aromatic heterocycles. The van der Waals surface area contributed by atoms with Gasteiger partial charge in [-0.15, -0.1) is 0 Å². The molecule has 0 saturated heterocycles. The minimum atomic E-state index is -3.53. The molecule has 2 N–H and O–H groups in total. The summed E-state index contributed by atoms with van der Waals surface area (Å²) in [4.78, 5) is 0. The van der Waals surface area contributed by atoms with Gasteiger partial charge in [0.15, 0.2) is 0 Å². The van der Waals surface area contributed by atoms with Gasteiger partial charge in [-0.2, -0.15) is 0 Å². The summed E-state index contributed by atoms with van der Waals surface area (Å²) in [6.07, 6.45) is -2.56. The molecule has 1 rings (SSSR count). The van der Waals surface area contributed by atoms with E-state index in [4.69, 9.17) is 5.11 Å². The van der Waals surface area contributed by atoms with Crippen molar-refractivity contribution in [3.8, 4) is 0 Å². The minimum absolute atomic E-state index is 0.0518. The largest absolute Gasteiger partial charge is 0.392 e. The maximum absolute atomic E-state index is 11.8. The van der Waals surface area contributed by atoms with Crippen LogP contribution in [0.15, 0.2) is 24.3 Å². The van der Waals surface area contributed by atoms with Crippen LogP contribution < -0.4 is 4.72 Å². The molecular formula is C12H17F2NO4S. The highest BCUT2D eigenvalue weighted by atomic mass is 32.2. The SMILES string of the molecule is O=S(=O)(Cc1ccc(CO)cc1)NCCOCC(F)F. The first kappa shape index (κ1) is 17.0. The number of aliphatic hydroxyl groups is 1. The fourth-order valence-electron chi connectivity index (χ4n) is 1.45. The Morgan fingerprint density at radius 2 is 1.80 bits per heavy atom. The van der Waals surface area contributed by atoms with Gasteiger partial charge in [0.2, 0.25) is 10.0 Å². The van der Waals surface area contributed by atoms with Crippen LogP contribution >= 0.6 is 0 Å². The van der Waals surface area contributed by atoms with Crippen molar-refractivity contribution in [3.63, 3.8) is 0 Å². The van der Waals surface area contributed by atoms with Gasteiger partial charge in [-0.3, -0.25) is 0 Å². The maximum atomic E-state index is 11.8. The molecule has 8 heteroatoms. The number of benzene rings is 1. The third-order valence-electron chi connectivity index (χ3n) is 2.37. The van der Waals surface area contributed by atoms with E-state index in [0.29, 0.717) is 11.1 Å². The zero-order chi connectivity index (χ0) is 15.0. The number of rotatable bonds is 9. The van der Waals surface area contributed by atoms with Crippen molar-refractivity contribution in [2.45, 2.75) is 18.8 Å². The molecule has 0 amide bonds. The number of nitrogens with one attached hydrogen (secondary N) is 1. The highest BCUT2D eigenvalue weighted by Gasteiger charge is 2.11. The Balaban J connectivity index is 2.36. The van der Waals surface area contributed by atoms with Gasteiger partial charge in [-0.25, -0.2) is 21.9 Å². The van der Waals surface area contributed by atoms with Gasteiger partial charge >= 0.3 is 0 Å². The second-order valence-corrected chi connectivity index (χ2v) is 5.90. The van der Waals surface area contributed by atoms with Gasteiger partial charge in [0.25, 0.3) is 6.43 Å². The van der Waals surface area contributed by atoms with Crippen LogP contribution in [0.4, 0.5) is 8.78 Å². The molecule has 5 nitrogen and oxygen atoms in total. The quantitative estimate of drug-likeness (QED) is 0.664. The van der Waals surface area contributed by atoms with Crippen LogP contribution in [-0.4, -0.2) is 39.7 Å². The Labute approximate surface area is 116 Å². The summed E-state index contributed by atoms with van der Waals surface area (Å²) in [6.45, 7) is -0.964. The lowest BCUT2D eigenvalue weighted by Gasteiger charge is -2.08. The number of hydrogen-bond acceptors (Lipinski definition) is 4. The van der Waals surface area contributed by atoms with E-state index in [0.717, 1.165) is 0 Å². The zero-order valence-corrected chi connectivity index (χ0v) is 11.6. The highest BCUT2D eigenvalue weighted by Crippen LogP contribution is 2.07. The number of aliphatic hydroxyl groups excluding tert-OH is 1. The highest BCUT2D eigenvalue weighted by molar-refractivity contribution is 7.88. The van der Waals surface area contributed by atoms with Gasteiger partial charge < -0.3 is 9.84 Å². The lowest BCUT2D eigenvalue weighted by atomic mass is 10.2. The van der Waals surface area contributed by atoms with Crippen molar-refractivity contribution < 1.29 is 27.0 Å². The molecule has 114 valence electrons. The monoisotopic (exact) mass is 309 g/mol. The van der Waals surface area contributed by atoms with Crippen LogP contribution in [0.3, 0.4) is 0 Å². The second kappa shape index (κ2) is 8.25. The third-order valence-corrected chi connectivity index (χ3v) is 3.73. The molecule has 0 unspecified atom stereocenters. The number of sulfonamides is 1. The Bertz CT molecular complexity index is 491. The molecule has 0 fully saturated rings. The molecule has 0 heterocycles. The average molecular weight is 309 g/mol. The molecule has 0 aliphatic rings. The number of halogens is 2. The maximum Gasteiger partial charge on any atom is 0.261 e. The van der Waals surface area contributed by atoms with Crippen LogP contribution in [0, 0.1) is 0 Å². The van der Waals surface area contributed by atoms with Gasteiger partial charge in [0, 0.05) is 6.54 Å². The molecule has 0 spiro atoms. The topological polar surface area (TPSA) is 75.6 Å². The van der Waals surface area contributed by atoms with Crippen molar-refractivity contribution in [2.24, 2.45) is 0 Å². The van der Waals surface area contributed by atoms with Gasteiger partial charge in [0.05, 0.1) is 19.0 Å². The van der Waals surface area contributed by atoms with E-state index < -0.39 is 23.1 Å². The molecule has 0 atom stereocenters. The van der Waals surface area contributed by atoms with E-state index >= 15 is 0 Å². The van der Waals surface area contributed by atoms with E-state index in [1.807, 2.05) is 0 Å². The third kappa shape index (κ3) is 6.90. The summed E-state index contributed by atoms with van der Waals surface area (Å²) < 4.78 is 53.7. The number of ether oxygens (including phenoxy) is 1. The summed E-state index contributed by atoms with van der Waals surface area (Å²) in [7, 11) is -3.53. The molecule has 0 aliphatic carbocycles. The standard InChI is InChI=1S/C12H17F2NO4S/c13-12(14)8-19-6-5-15-20(17,18)9-11-3-1-10(7-16)2-4-11/h1-4,12,15-16H,5-9H2. The first-order valence-electron chi connectivity index (χ1n) is 5.95. The summed E-state index contributed by atoms with van der Waals surface area (Å²) in [5.41, 5.74) is 1.27. The molecule has 0 bridgehead atoms. The number of hydrogen-bond donors (Lipinski definition) is 2. The number of alkyl halides is 2. The zero-order valence-electron chi connectivity index (χ0n) is 10.8. The molecule has 1 aromatic rings. The first-order chi connectivity index (χ1) is 9.43. The van der Waals surface area contributed by atoms with Crippen molar-refractivity contribution in [2.75, 3.05) is 19.8 Å². The van der Waals surface area contributed by atoms with Crippen molar-refractivity contribution in [1.82, 2.24) is 4.72 Å². The second-order valence-electron chi connectivity index (χ2n) is 4.09. The Hall–Kier alpha value is -1.09. The summed E-state index contributed by atoms with van der Waals surface area (Å²) in [5, 5.41) is 8.87. The molecule has 1 aromatic carbocycles. The van der Waals surface area contributed by atoms with Crippen molar-refractivity contribution in [3.05, 3.63) is 35.4 Å². The summed E-state index contributed by atoms with van der Waals surface area (Å²) in [5.74, 6) is -0.215. The fraction of sp³-hybridized carbons (Fsp3) is 0.500.